The molecule has 0 radical (unpaired) electrons. The quantitative estimate of drug-likeness (QED) is 0.765. The molecule has 1 aromatic rings. The van der Waals surface area contributed by atoms with Crippen LogP contribution in [0, 0.1) is 0 Å². The third-order valence-electron chi connectivity index (χ3n) is 3.22. The molecule has 2 N–H and O–H groups in total. The van der Waals surface area contributed by atoms with Gasteiger partial charge in [0.15, 0.2) is 5.69 Å². The maximum Gasteiger partial charge on any atom is 0.360 e. The second-order valence-electron chi connectivity index (χ2n) is 4.29. The average molecular weight is 255 g/mol. The number of anilines is 1. The molecule has 18 heavy (non-hydrogen) atoms. The number of ether oxygens (including phenoxy) is 3. The molecular weight excluding hydrogens is 238 g/mol. The molecule has 1 atom stereocenters. The van der Waals surface area contributed by atoms with E-state index in [1.54, 1.807) is 11.7 Å². The maximum atomic E-state index is 11.4. The molecule has 2 rings (SSSR count). The number of nitrogen functional groups attached to an aromatic ring is 1. The van der Waals surface area contributed by atoms with Crippen molar-refractivity contribution in [2.24, 2.45) is 0 Å². The monoisotopic (exact) mass is 255 g/mol. The minimum absolute atomic E-state index is 0.127. The Morgan fingerprint density at radius 1 is 1.67 bits per heavy atom. The minimum Gasteiger partial charge on any atom is -0.464 e. The number of carbonyl (C=O) groups excluding carboxylic acids is 1. The van der Waals surface area contributed by atoms with Crippen LogP contribution in [0.5, 0.6) is 0 Å². The van der Waals surface area contributed by atoms with Crippen LogP contribution in [0.3, 0.4) is 0 Å². The van der Waals surface area contributed by atoms with Crippen molar-refractivity contribution >= 4 is 11.8 Å². The zero-order valence-electron chi connectivity index (χ0n) is 10.5. The molecule has 2 heterocycles. The van der Waals surface area contributed by atoms with Crippen LogP contribution in [0.1, 0.15) is 16.9 Å². The number of carbonyl (C=O) groups is 1. The van der Waals surface area contributed by atoms with Gasteiger partial charge in [0.1, 0.15) is 11.4 Å². The van der Waals surface area contributed by atoms with Gasteiger partial charge in [0.25, 0.3) is 0 Å². The summed E-state index contributed by atoms with van der Waals surface area (Å²) >= 11 is 0. The van der Waals surface area contributed by atoms with Crippen LogP contribution in [0.25, 0.3) is 0 Å². The highest BCUT2D eigenvalue weighted by molar-refractivity contribution is 5.92. The minimum atomic E-state index is -0.541. The van der Waals surface area contributed by atoms with Gasteiger partial charge in [-0.1, -0.05) is 0 Å². The largest absolute Gasteiger partial charge is 0.464 e. The first-order valence-electron chi connectivity index (χ1n) is 5.64. The number of aromatic nitrogens is 2. The molecule has 1 aromatic heterocycles. The predicted octanol–water partition coefficient (Wildman–Crippen LogP) is 0.0574. The summed E-state index contributed by atoms with van der Waals surface area (Å²) in [5.41, 5.74) is 5.60. The summed E-state index contributed by atoms with van der Waals surface area (Å²) in [4.78, 5) is 15.4. The number of imidazole rings is 1. The Kier molecular flexibility index (Phi) is 3.53. The first-order valence-corrected chi connectivity index (χ1v) is 5.64. The van der Waals surface area contributed by atoms with Crippen LogP contribution < -0.4 is 5.73 Å². The molecule has 0 amide bonds. The van der Waals surface area contributed by atoms with Crippen molar-refractivity contribution in [3.63, 3.8) is 0 Å². The second-order valence-corrected chi connectivity index (χ2v) is 4.29. The van der Waals surface area contributed by atoms with Gasteiger partial charge >= 0.3 is 5.97 Å². The van der Waals surface area contributed by atoms with E-state index in [4.69, 9.17) is 15.2 Å². The first-order chi connectivity index (χ1) is 8.62. The van der Waals surface area contributed by atoms with E-state index in [0.717, 1.165) is 6.42 Å². The summed E-state index contributed by atoms with van der Waals surface area (Å²) in [5, 5.41) is 0. The van der Waals surface area contributed by atoms with Gasteiger partial charge in [-0.15, -0.1) is 0 Å². The van der Waals surface area contributed by atoms with Gasteiger partial charge in [-0.05, 0) is 0 Å². The molecule has 7 nitrogen and oxygen atoms in total. The molecule has 1 saturated heterocycles. The molecule has 0 aliphatic carbocycles. The molecule has 0 aromatic carbocycles. The SMILES string of the molecule is COC(=O)c1ncn(CC2(OC)CCOC2)c1N. The molecular formula is C11H17N3O4. The highest BCUT2D eigenvalue weighted by Gasteiger charge is 2.36. The van der Waals surface area contributed by atoms with Crippen LogP contribution in [-0.4, -0.2) is 48.6 Å². The fourth-order valence-electron chi connectivity index (χ4n) is 2.02. The van der Waals surface area contributed by atoms with Crippen LogP contribution in [-0.2, 0) is 20.8 Å². The van der Waals surface area contributed by atoms with Crippen LogP contribution in [0.2, 0.25) is 0 Å². The van der Waals surface area contributed by atoms with Gasteiger partial charge in [0, 0.05) is 20.1 Å². The van der Waals surface area contributed by atoms with Crippen molar-refractivity contribution in [1.29, 1.82) is 0 Å². The van der Waals surface area contributed by atoms with E-state index in [1.807, 2.05) is 0 Å². The van der Waals surface area contributed by atoms with E-state index in [0.29, 0.717) is 19.8 Å². The van der Waals surface area contributed by atoms with E-state index in [9.17, 15) is 4.79 Å². The maximum absolute atomic E-state index is 11.4. The highest BCUT2D eigenvalue weighted by atomic mass is 16.5. The lowest BCUT2D eigenvalue weighted by molar-refractivity contribution is -0.0291. The van der Waals surface area contributed by atoms with Crippen molar-refractivity contribution in [2.45, 2.75) is 18.6 Å². The number of nitrogens with zero attached hydrogens (tertiary/aromatic N) is 2. The Morgan fingerprint density at radius 2 is 2.44 bits per heavy atom. The van der Waals surface area contributed by atoms with E-state index in [1.165, 1.54) is 13.4 Å². The van der Waals surface area contributed by atoms with Gasteiger partial charge in [-0.2, -0.15) is 0 Å². The smallest absolute Gasteiger partial charge is 0.360 e. The molecule has 1 aliphatic heterocycles. The number of methoxy groups -OCH3 is 2. The fourth-order valence-corrected chi connectivity index (χ4v) is 2.02. The van der Waals surface area contributed by atoms with Crippen LogP contribution >= 0.6 is 0 Å². The zero-order chi connectivity index (χ0) is 13.2. The molecule has 1 aliphatic rings. The van der Waals surface area contributed by atoms with Crippen molar-refractivity contribution in [1.82, 2.24) is 9.55 Å². The zero-order valence-corrected chi connectivity index (χ0v) is 10.5. The summed E-state index contributed by atoms with van der Waals surface area (Å²) < 4.78 is 17.1. The number of hydrogen-bond acceptors (Lipinski definition) is 6. The normalized spacial score (nSPS) is 23.2. The topological polar surface area (TPSA) is 88.6 Å². The number of nitrogens with two attached hydrogens (primary N) is 1. The number of esters is 1. The molecule has 0 bridgehead atoms. The van der Waals surface area contributed by atoms with Gasteiger partial charge in [-0.25, -0.2) is 9.78 Å². The Labute approximate surface area is 105 Å². The van der Waals surface area contributed by atoms with Gasteiger partial charge in [-0.3, -0.25) is 0 Å². The lowest BCUT2D eigenvalue weighted by atomic mass is 10.0. The molecule has 0 saturated carbocycles. The number of rotatable bonds is 4. The van der Waals surface area contributed by atoms with E-state index in [-0.39, 0.29) is 11.5 Å². The van der Waals surface area contributed by atoms with E-state index in [2.05, 4.69) is 9.72 Å². The Hall–Kier alpha value is -1.60. The van der Waals surface area contributed by atoms with Crippen molar-refractivity contribution in [3.8, 4) is 0 Å². The van der Waals surface area contributed by atoms with E-state index < -0.39 is 11.6 Å². The summed E-state index contributed by atoms with van der Waals surface area (Å²) in [7, 11) is 2.94. The predicted molar refractivity (Wildman–Crippen MR) is 63.2 cm³/mol. The van der Waals surface area contributed by atoms with Crippen LogP contribution in [0.4, 0.5) is 5.82 Å². The first kappa shape index (κ1) is 12.8. The average Bonchev–Trinajstić information content (AvgIpc) is 2.98. The lowest BCUT2D eigenvalue weighted by Gasteiger charge is -2.26. The third kappa shape index (κ3) is 2.19. The summed E-state index contributed by atoms with van der Waals surface area (Å²) in [6, 6.07) is 0. The van der Waals surface area contributed by atoms with Crippen LogP contribution in [0.15, 0.2) is 6.33 Å². The Morgan fingerprint density at radius 3 is 3.00 bits per heavy atom. The summed E-state index contributed by atoms with van der Waals surface area (Å²) in [6.07, 6.45) is 2.30. The molecule has 1 unspecified atom stereocenters. The third-order valence-corrected chi connectivity index (χ3v) is 3.22. The van der Waals surface area contributed by atoms with Gasteiger partial charge in [0.05, 0.1) is 26.6 Å². The fraction of sp³-hybridized carbons (Fsp3) is 0.636. The van der Waals surface area contributed by atoms with Crippen molar-refractivity contribution in [2.75, 3.05) is 33.2 Å². The Balaban J connectivity index is 2.19. The lowest BCUT2D eigenvalue weighted by Crippen LogP contribution is -2.37. The molecule has 100 valence electrons. The Bertz CT molecular complexity index is 437. The van der Waals surface area contributed by atoms with Crippen molar-refractivity contribution in [3.05, 3.63) is 12.0 Å². The standard InChI is InChI=1S/C11H17N3O4/c1-16-10(15)8-9(12)14(7-13-8)5-11(17-2)3-4-18-6-11/h7H,3-6,12H2,1-2H3. The van der Waals surface area contributed by atoms with Crippen molar-refractivity contribution < 1.29 is 19.0 Å². The molecule has 7 heteroatoms. The highest BCUT2D eigenvalue weighted by Crippen LogP contribution is 2.26. The van der Waals surface area contributed by atoms with Gasteiger partial charge < -0.3 is 24.5 Å². The summed E-state index contributed by atoms with van der Waals surface area (Å²) in [5.74, 6) is -0.259. The summed E-state index contributed by atoms with van der Waals surface area (Å²) in [6.45, 7) is 1.67. The molecule has 1 fully saturated rings. The number of hydrogen-bond donors (Lipinski definition) is 1. The van der Waals surface area contributed by atoms with E-state index >= 15 is 0 Å². The second kappa shape index (κ2) is 4.95. The van der Waals surface area contributed by atoms with Gasteiger partial charge in [0.2, 0.25) is 0 Å². The molecule has 0 spiro atoms.